The number of amides is 1. The van der Waals surface area contributed by atoms with E-state index in [0.717, 1.165) is 24.2 Å². The number of rotatable bonds is 6. The number of carbonyl (C=O) groups excluding carboxylic acids is 1. The van der Waals surface area contributed by atoms with Crippen molar-refractivity contribution in [2.24, 2.45) is 0 Å². The number of methoxy groups -OCH3 is 1. The molecule has 0 aromatic heterocycles. The summed E-state index contributed by atoms with van der Waals surface area (Å²) in [6.07, 6.45) is 2.22. The van der Waals surface area contributed by atoms with Crippen molar-refractivity contribution in [2.75, 3.05) is 26.4 Å². The Hall–Kier alpha value is -1.75. The predicted octanol–water partition coefficient (Wildman–Crippen LogP) is 0.988. The molecule has 3 N–H and O–H groups in total. The standard InChI is InChI=1S/C14H21N3O2/c1-17(9-14(18)16-12-5-6-12)8-10-3-4-11(15)7-13(10)19-2/h3-4,7,12H,5-6,8-9,15H2,1-2H3,(H,16,18). The summed E-state index contributed by atoms with van der Waals surface area (Å²) in [5.74, 6) is 0.842. The molecular formula is C14H21N3O2. The molecule has 19 heavy (non-hydrogen) atoms. The summed E-state index contributed by atoms with van der Waals surface area (Å²) < 4.78 is 5.30. The van der Waals surface area contributed by atoms with Crippen LogP contribution < -0.4 is 15.8 Å². The Bertz CT molecular complexity index is 458. The molecule has 0 bridgehead atoms. The molecule has 0 spiro atoms. The topological polar surface area (TPSA) is 67.6 Å². The van der Waals surface area contributed by atoms with Gasteiger partial charge in [0.15, 0.2) is 0 Å². The molecule has 1 aliphatic carbocycles. The van der Waals surface area contributed by atoms with Crippen molar-refractivity contribution < 1.29 is 9.53 Å². The van der Waals surface area contributed by atoms with E-state index in [1.807, 2.05) is 24.1 Å². The van der Waals surface area contributed by atoms with Crippen LogP contribution in [-0.4, -0.2) is 37.6 Å². The van der Waals surface area contributed by atoms with E-state index >= 15 is 0 Å². The molecule has 0 atom stereocenters. The number of hydrogen-bond donors (Lipinski definition) is 2. The van der Waals surface area contributed by atoms with Gasteiger partial charge in [-0.3, -0.25) is 9.69 Å². The fourth-order valence-corrected chi connectivity index (χ4v) is 1.98. The molecule has 5 nitrogen and oxygen atoms in total. The molecule has 0 saturated heterocycles. The maximum atomic E-state index is 11.7. The third kappa shape index (κ3) is 4.13. The van der Waals surface area contributed by atoms with Gasteiger partial charge in [-0.15, -0.1) is 0 Å². The lowest BCUT2D eigenvalue weighted by molar-refractivity contribution is -0.122. The fourth-order valence-electron chi connectivity index (χ4n) is 1.98. The van der Waals surface area contributed by atoms with Gasteiger partial charge in [0.05, 0.1) is 13.7 Å². The molecular weight excluding hydrogens is 242 g/mol. The van der Waals surface area contributed by atoms with Crippen molar-refractivity contribution in [3.8, 4) is 5.75 Å². The normalized spacial score (nSPS) is 14.5. The molecule has 0 aliphatic heterocycles. The van der Waals surface area contributed by atoms with Crippen LogP contribution in [0, 0.1) is 0 Å². The minimum Gasteiger partial charge on any atom is -0.496 e. The smallest absolute Gasteiger partial charge is 0.234 e. The number of nitrogens with zero attached hydrogens (tertiary/aromatic N) is 1. The lowest BCUT2D eigenvalue weighted by Crippen LogP contribution is -2.36. The first-order chi connectivity index (χ1) is 9.08. The lowest BCUT2D eigenvalue weighted by Gasteiger charge is -2.18. The molecule has 1 aromatic rings. The van der Waals surface area contributed by atoms with E-state index < -0.39 is 0 Å². The molecule has 0 heterocycles. The molecule has 1 aromatic carbocycles. The van der Waals surface area contributed by atoms with Crippen molar-refractivity contribution in [2.45, 2.75) is 25.4 Å². The second-order valence-electron chi connectivity index (χ2n) is 5.09. The molecule has 0 radical (unpaired) electrons. The zero-order valence-electron chi connectivity index (χ0n) is 11.5. The molecule has 2 rings (SSSR count). The van der Waals surface area contributed by atoms with Crippen LogP contribution in [0.1, 0.15) is 18.4 Å². The summed E-state index contributed by atoms with van der Waals surface area (Å²) in [5, 5.41) is 2.98. The summed E-state index contributed by atoms with van der Waals surface area (Å²) in [7, 11) is 3.54. The Morgan fingerprint density at radius 2 is 2.26 bits per heavy atom. The largest absolute Gasteiger partial charge is 0.496 e. The number of likely N-dealkylation sites (N-methyl/N-ethyl adjacent to an activating group) is 1. The first-order valence-electron chi connectivity index (χ1n) is 6.49. The number of anilines is 1. The number of benzene rings is 1. The zero-order chi connectivity index (χ0) is 13.8. The van der Waals surface area contributed by atoms with Gasteiger partial charge in [0.1, 0.15) is 5.75 Å². The van der Waals surface area contributed by atoms with Crippen LogP contribution in [0.3, 0.4) is 0 Å². The van der Waals surface area contributed by atoms with Crippen LogP contribution in [0.25, 0.3) is 0 Å². The van der Waals surface area contributed by atoms with Crippen LogP contribution in [-0.2, 0) is 11.3 Å². The van der Waals surface area contributed by atoms with Crippen LogP contribution >= 0.6 is 0 Å². The van der Waals surface area contributed by atoms with E-state index in [2.05, 4.69) is 5.32 Å². The second kappa shape index (κ2) is 5.93. The highest BCUT2D eigenvalue weighted by Gasteiger charge is 2.23. The van der Waals surface area contributed by atoms with E-state index in [1.54, 1.807) is 13.2 Å². The lowest BCUT2D eigenvalue weighted by atomic mass is 10.1. The maximum absolute atomic E-state index is 11.7. The van der Waals surface area contributed by atoms with Gasteiger partial charge in [0, 0.05) is 29.9 Å². The van der Waals surface area contributed by atoms with Crippen molar-refractivity contribution in [3.05, 3.63) is 23.8 Å². The maximum Gasteiger partial charge on any atom is 0.234 e. The average molecular weight is 263 g/mol. The quantitative estimate of drug-likeness (QED) is 0.751. The summed E-state index contributed by atoms with van der Waals surface area (Å²) in [6.45, 7) is 1.05. The second-order valence-corrected chi connectivity index (χ2v) is 5.09. The van der Waals surface area contributed by atoms with Crippen molar-refractivity contribution >= 4 is 11.6 Å². The van der Waals surface area contributed by atoms with Gasteiger partial charge in [-0.2, -0.15) is 0 Å². The van der Waals surface area contributed by atoms with E-state index in [1.165, 1.54) is 0 Å². The van der Waals surface area contributed by atoms with Gasteiger partial charge in [0.25, 0.3) is 0 Å². The third-order valence-electron chi connectivity index (χ3n) is 3.11. The molecule has 104 valence electrons. The summed E-state index contributed by atoms with van der Waals surface area (Å²) in [6, 6.07) is 5.99. The van der Waals surface area contributed by atoms with Gasteiger partial charge in [-0.05, 0) is 26.0 Å². The van der Waals surface area contributed by atoms with Gasteiger partial charge < -0.3 is 15.8 Å². The first kappa shape index (κ1) is 13.7. The van der Waals surface area contributed by atoms with Gasteiger partial charge in [-0.25, -0.2) is 0 Å². The minimum absolute atomic E-state index is 0.0828. The van der Waals surface area contributed by atoms with Gasteiger partial charge in [-0.1, -0.05) is 6.07 Å². The van der Waals surface area contributed by atoms with Gasteiger partial charge >= 0.3 is 0 Å². The van der Waals surface area contributed by atoms with Crippen LogP contribution in [0.4, 0.5) is 5.69 Å². The number of nitrogen functional groups attached to an aromatic ring is 1. The molecule has 1 amide bonds. The monoisotopic (exact) mass is 263 g/mol. The average Bonchev–Trinajstić information content (AvgIpc) is 3.14. The van der Waals surface area contributed by atoms with Crippen LogP contribution in [0.2, 0.25) is 0 Å². The van der Waals surface area contributed by atoms with Crippen molar-refractivity contribution in [3.63, 3.8) is 0 Å². The zero-order valence-corrected chi connectivity index (χ0v) is 11.5. The molecule has 1 saturated carbocycles. The summed E-state index contributed by atoms with van der Waals surface area (Å²) in [5.41, 5.74) is 7.42. The SMILES string of the molecule is COc1cc(N)ccc1CN(C)CC(=O)NC1CC1. The number of nitrogens with two attached hydrogens (primary N) is 1. The Balaban J connectivity index is 1.90. The molecule has 5 heteroatoms. The van der Waals surface area contributed by atoms with Crippen LogP contribution in [0.15, 0.2) is 18.2 Å². The third-order valence-corrected chi connectivity index (χ3v) is 3.11. The molecule has 0 unspecified atom stereocenters. The number of nitrogens with one attached hydrogen (secondary N) is 1. The van der Waals surface area contributed by atoms with E-state index in [9.17, 15) is 4.79 Å². The number of carbonyl (C=O) groups is 1. The van der Waals surface area contributed by atoms with E-state index in [0.29, 0.717) is 24.8 Å². The Morgan fingerprint density at radius 1 is 1.53 bits per heavy atom. The first-order valence-corrected chi connectivity index (χ1v) is 6.49. The minimum atomic E-state index is 0.0828. The highest BCUT2D eigenvalue weighted by atomic mass is 16.5. The van der Waals surface area contributed by atoms with Crippen molar-refractivity contribution in [1.29, 1.82) is 0 Å². The van der Waals surface area contributed by atoms with E-state index in [-0.39, 0.29) is 5.91 Å². The van der Waals surface area contributed by atoms with Crippen molar-refractivity contribution in [1.82, 2.24) is 10.2 Å². The summed E-state index contributed by atoms with van der Waals surface area (Å²) in [4.78, 5) is 13.7. The highest BCUT2D eigenvalue weighted by Crippen LogP contribution is 2.22. The molecule has 1 fully saturated rings. The van der Waals surface area contributed by atoms with Crippen LogP contribution in [0.5, 0.6) is 5.75 Å². The summed E-state index contributed by atoms with van der Waals surface area (Å²) >= 11 is 0. The van der Waals surface area contributed by atoms with E-state index in [4.69, 9.17) is 10.5 Å². The Kier molecular flexibility index (Phi) is 4.27. The highest BCUT2D eigenvalue weighted by molar-refractivity contribution is 5.78. The van der Waals surface area contributed by atoms with Gasteiger partial charge in [0.2, 0.25) is 5.91 Å². The number of hydrogen-bond acceptors (Lipinski definition) is 4. The molecule has 1 aliphatic rings. The fraction of sp³-hybridized carbons (Fsp3) is 0.500. The Labute approximate surface area is 113 Å². The predicted molar refractivity (Wildman–Crippen MR) is 74.9 cm³/mol. The number of ether oxygens (including phenoxy) is 1. The Morgan fingerprint density at radius 3 is 2.89 bits per heavy atom.